The number of hydrogen-bond acceptors (Lipinski definition) is 3. The third-order valence-electron chi connectivity index (χ3n) is 3.74. The number of rotatable bonds is 7. The molecule has 0 fully saturated rings. The maximum absolute atomic E-state index is 12.6. The minimum absolute atomic E-state index is 0.138. The molecule has 2 aromatic rings. The second kappa shape index (κ2) is 10.3. The van der Waals surface area contributed by atoms with Gasteiger partial charge >= 0.3 is 0 Å². The summed E-state index contributed by atoms with van der Waals surface area (Å²) < 4.78 is 5.13. The fraction of sp³-hybridized carbons (Fsp3) is 0.300. The van der Waals surface area contributed by atoms with Gasteiger partial charge in [-0.3, -0.25) is 9.63 Å². The van der Waals surface area contributed by atoms with Gasteiger partial charge in [0, 0.05) is 6.54 Å². The zero-order valence-electron chi connectivity index (χ0n) is 15.5. The summed E-state index contributed by atoms with van der Waals surface area (Å²) in [6.45, 7) is 4.64. The van der Waals surface area contributed by atoms with Crippen LogP contribution in [0.3, 0.4) is 0 Å². The second-order valence-electron chi connectivity index (χ2n) is 5.56. The molecule has 1 amide bonds. The number of hydrogen-bond donors (Lipinski definition) is 0. The van der Waals surface area contributed by atoms with E-state index in [-0.39, 0.29) is 12.3 Å². The molecular formula is C20H22Cl2N2O3. The Labute approximate surface area is 169 Å². The molecule has 0 N–H and O–H groups in total. The zero-order chi connectivity index (χ0) is 19.8. The predicted octanol–water partition coefficient (Wildman–Crippen LogP) is 4.79. The molecule has 0 aliphatic carbocycles. The molecule has 144 valence electrons. The molecule has 7 heteroatoms. The van der Waals surface area contributed by atoms with Gasteiger partial charge in [0.1, 0.15) is 5.75 Å². The van der Waals surface area contributed by atoms with Crippen molar-refractivity contribution in [1.29, 1.82) is 0 Å². The van der Waals surface area contributed by atoms with Crippen LogP contribution in [0.5, 0.6) is 5.75 Å². The van der Waals surface area contributed by atoms with E-state index in [9.17, 15) is 4.79 Å². The Morgan fingerprint density at radius 3 is 2.22 bits per heavy atom. The molecule has 0 radical (unpaired) electrons. The number of carbonyl (C=O) groups excluding carboxylic acids is 1. The zero-order valence-corrected chi connectivity index (χ0v) is 17.0. The number of amides is 1. The van der Waals surface area contributed by atoms with Crippen molar-refractivity contribution in [2.75, 3.05) is 20.3 Å². The summed E-state index contributed by atoms with van der Waals surface area (Å²) in [5, 5.41) is 2.33. The lowest BCUT2D eigenvalue weighted by Crippen LogP contribution is -2.33. The predicted molar refractivity (Wildman–Crippen MR) is 109 cm³/mol. The molecule has 0 bridgehead atoms. The van der Waals surface area contributed by atoms with E-state index in [0.29, 0.717) is 34.6 Å². The molecule has 0 heterocycles. The fourth-order valence-electron chi connectivity index (χ4n) is 2.48. The Kier molecular flexibility index (Phi) is 8.10. The van der Waals surface area contributed by atoms with Gasteiger partial charge in [-0.15, -0.1) is 0 Å². The van der Waals surface area contributed by atoms with Crippen molar-refractivity contribution >= 4 is 34.9 Å². The van der Waals surface area contributed by atoms with Crippen LogP contribution in [-0.4, -0.2) is 37.1 Å². The molecule has 0 aliphatic rings. The van der Waals surface area contributed by atoms with Gasteiger partial charge in [0.15, 0.2) is 5.84 Å². The van der Waals surface area contributed by atoms with Crippen LogP contribution >= 0.6 is 23.2 Å². The topological polar surface area (TPSA) is 51.1 Å². The summed E-state index contributed by atoms with van der Waals surface area (Å²) in [6.07, 6.45) is 0.138. The van der Waals surface area contributed by atoms with Crippen molar-refractivity contribution in [3.8, 4) is 5.75 Å². The van der Waals surface area contributed by atoms with E-state index >= 15 is 0 Å². The van der Waals surface area contributed by atoms with E-state index < -0.39 is 0 Å². The number of methoxy groups -OCH3 is 1. The average molecular weight is 409 g/mol. The van der Waals surface area contributed by atoms with Gasteiger partial charge < -0.3 is 4.74 Å². The first-order chi connectivity index (χ1) is 13.0. The van der Waals surface area contributed by atoms with Crippen molar-refractivity contribution in [2.24, 2.45) is 4.99 Å². The van der Waals surface area contributed by atoms with Crippen molar-refractivity contribution in [2.45, 2.75) is 20.3 Å². The van der Waals surface area contributed by atoms with Gasteiger partial charge in [0.05, 0.1) is 35.7 Å². The monoisotopic (exact) mass is 408 g/mol. The van der Waals surface area contributed by atoms with Crippen LogP contribution in [0.1, 0.15) is 25.0 Å². The maximum atomic E-state index is 12.6. The van der Waals surface area contributed by atoms with E-state index in [1.54, 1.807) is 37.4 Å². The third kappa shape index (κ3) is 5.70. The molecule has 2 rings (SSSR count). The van der Waals surface area contributed by atoms with Gasteiger partial charge in [-0.2, -0.15) is 4.99 Å². The van der Waals surface area contributed by atoms with E-state index in [2.05, 4.69) is 4.99 Å². The van der Waals surface area contributed by atoms with Crippen LogP contribution in [0.15, 0.2) is 47.5 Å². The van der Waals surface area contributed by atoms with Crippen LogP contribution in [-0.2, 0) is 16.1 Å². The van der Waals surface area contributed by atoms with Crippen molar-refractivity contribution < 1.29 is 14.4 Å². The summed E-state index contributed by atoms with van der Waals surface area (Å²) in [4.78, 5) is 22.5. The van der Waals surface area contributed by atoms with E-state index in [1.165, 1.54) is 5.06 Å². The van der Waals surface area contributed by atoms with Gasteiger partial charge in [-0.1, -0.05) is 41.4 Å². The number of ether oxygens (including phenoxy) is 1. The summed E-state index contributed by atoms with van der Waals surface area (Å²) in [6, 6.07) is 12.4. The van der Waals surface area contributed by atoms with E-state index in [0.717, 1.165) is 11.3 Å². The van der Waals surface area contributed by atoms with Crippen LogP contribution < -0.4 is 4.74 Å². The first-order valence-electron chi connectivity index (χ1n) is 8.59. The molecule has 0 atom stereocenters. The first kappa shape index (κ1) is 21.2. The quantitative estimate of drug-likeness (QED) is 0.375. The van der Waals surface area contributed by atoms with Crippen molar-refractivity contribution in [1.82, 2.24) is 5.06 Å². The van der Waals surface area contributed by atoms with Crippen LogP contribution in [0.25, 0.3) is 0 Å². The standard InChI is InChI=1S/C20H22Cl2N2O3/c1-4-24(27-5-2)20(19-16(21)7-6-8-17(19)22)23-18(25)13-14-9-11-15(26-3)12-10-14/h6-12H,4-5,13H2,1-3H3. The first-order valence-corrected chi connectivity index (χ1v) is 9.35. The fourth-order valence-corrected chi connectivity index (χ4v) is 3.05. The summed E-state index contributed by atoms with van der Waals surface area (Å²) in [5.41, 5.74) is 1.30. The highest BCUT2D eigenvalue weighted by Gasteiger charge is 2.20. The molecule has 27 heavy (non-hydrogen) atoms. The molecule has 0 spiro atoms. The Balaban J connectivity index is 2.37. The SMILES string of the molecule is CCON(CC)C(=NC(=O)Cc1ccc(OC)cc1)c1c(Cl)cccc1Cl. The third-order valence-corrected chi connectivity index (χ3v) is 4.37. The molecule has 0 unspecified atom stereocenters. The van der Waals surface area contributed by atoms with Crippen LogP contribution in [0, 0.1) is 0 Å². The molecule has 2 aromatic carbocycles. The summed E-state index contributed by atoms with van der Waals surface area (Å²) in [7, 11) is 1.59. The molecule has 0 saturated carbocycles. The number of nitrogens with zero attached hydrogens (tertiary/aromatic N) is 2. The smallest absolute Gasteiger partial charge is 0.252 e. The van der Waals surface area contributed by atoms with Crippen LogP contribution in [0.4, 0.5) is 0 Å². The van der Waals surface area contributed by atoms with Crippen LogP contribution in [0.2, 0.25) is 10.0 Å². The average Bonchev–Trinajstić information content (AvgIpc) is 2.66. The number of amidine groups is 1. The molecule has 5 nitrogen and oxygen atoms in total. The van der Waals surface area contributed by atoms with Gasteiger partial charge in [0.2, 0.25) is 0 Å². The molecular weight excluding hydrogens is 387 g/mol. The number of aliphatic imine (C=N–C) groups is 1. The van der Waals surface area contributed by atoms with E-state index in [4.69, 9.17) is 32.8 Å². The normalized spacial score (nSPS) is 11.4. The number of halogens is 2. The minimum Gasteiger partial charge on any atom is -0.497 e. The highest BCUT2D eigenvalue weighted by atomic mass is 35.5. The van der Waals surface area contributed by atoms with Gasteiger partial charge in [0.25, 0.3) is 5.91 Å². The molecule has 0 saturated heterocycles. The Morgan fingerprint density at radius 2 is 1.70 bits per heavy atom. The highest BCUT2D eigenvalue weighted by molar-refractivity contribution is 6.40. The number of carbonyl (C=O) groups is 1. The second-order valence-corrected chi connectivity index (χ2v) is 6.38. The Bertz CT molecular complexity index is 787. The molecule has 0 aliphatic heterocycles. The van der Waals surface area contributed by atoms with Crippen molar-refractivity contribution in [3.05, 3.63) is 63.6 Å². The Hall–Kier alpha value is -2.08. The van der Waals surface area contributed by atoms with Gasteiger partial charge in [-0.05, 0) is 43.7 Å². The van der Waals surface area contributed by atoms with E-state index in [1.807, 2.05) is 26.0 Å². The summed E-state index contributed by atoms with van der Waals surface area (Å²) in [5.74, 6) is 0.699. The maximum Gasteiger partial charge on any atom is 0.252 e. The van der Waals surface area contributed by atoms with Crippen molar-refractivity contribution in [3.63, 3.8) is 0 Å². The Morgan fingerprint density at radius 1 is 1.07 bits per heavy atom. The summed E-state index contributed by atoms with van der Waals surface area (Å²) >= 11 is 12.7. The highest BCUT2D eigenvalue weighted by Crippen LogP contribution is 2.26. The van der Waals surface area contributed by atoms with Gasteiger partial charge in [-0.25, -0.2) is 5.06 Å². The number of hydroxylamine groups is 2. The largest absolute Gasteiger partial charge is 0.497 e. The number of benzene rings is 2. The lowest BCUT2D eigenvalue weighted by Gasteiger charge is -2.24. The lowest BCUT2D eigenvalue weighted by molar-refractivity contribution is -0.118. The minimum atomic E-state index is -0.329. The molecule has 0 aromatic heterocycles. The lowest BCUT2D eigenvalue weighted by atomic mass is 10.1.